The lowest BCUT2D eigenvalue weighted by molar-refractivity contribution is 0.0000348. The zero-order chi connectivity index (χ0) is 52.0. The number of carbonyl (C=O) groups excluding carboxylic acids is 3. The fourth-order valence-electron chi connectivity index (χ4n) is 15.2. The zero-order valence-corrected chi connectivity index (χ0v) is 45.7. The van der Waals surface area contributed by atoms with Gasteiger partial charge in [-0.05, 0) is 125 Å². The fraction of sp³-hybridized carbons (Fsp3) is 0.887. The van der Waals surface area contributed by atoms with Gasteiger partial charge in [-0.1, -0.05) is 62.3 Å². The maximum Gasteiger partial charge on any atom is 0.411 e. The Hall–Kier alpha value is -3.90. The normalized spacial score (nSPS) is 38.6. The molecule has 15 atom stereocenters. The molecule has 0 radical (unpaired) electrons. The van der Waals surface area contributed by atoms with Crippen LogP contribution in [0.4, 0.5) is 14.4 Å². The van der Waals surface area contributed by atoms with E-state index in [-0.39, 0.29) is 78.5 Å². The van der Waals surface area contributed by atoms with Crippen LogP contribution in [0, 0.1) is 32.5 Å². The van der Waals surface area contributed by atoms with Crippen LogP contribution in [0.25, 0.3) is 0 Å². The molecule has 3 saturated carbocycles. The van der Waals surface area contributed by atoms with E-state index in [1.807, 2.05) is 18.7 Å². The fourth-order valence-corrected chi connectivity index (χ4v) is 15.2. The molecule has 5 heterocycles. The zero-order valence-electron chi connectivity index (χ0n) is 45.7. The lowest BCUT2D eigenvalue weighted by Crippen LogP contribution is -2.60. The van der Waals surface area contributed by atoms with Gasteiger partial charge in [0.2, 0.25) is 0 Å². The van der Waals surface area contributed by atoms with Gasteiger partial charge < -0.3 is 24.8 Å². The molecule has 0 bridgehead atoms. The second-order valence-electron chi connectivity index (χ2n) is 27.7. The standard InChI is InChI=1S/C53H89N9O9/c1-33-21-56(33)24-36(4)70-42(63)54-38-15-48(6,7)27-51(12,17-38)30-59-44(65)60(31-52(13)18-39(16-49(8,9)28-52)55-43(64)71-37(5)25-57-22-34(57)2)46(67)61(45(59)66)32-53(14)20-40(19-50(10,11)29-53)62-41(26-69-47(62)68)58-23-35(58)3/h33-41H,15-32H2,1-14H3,(H,54,63)(H,55,64). The Morgan fingerprint density at radius 1 is 0.577 bits per heavy atom. The van der Waals surface area contributed by atoms with Crippen LogP contribution in [0.15, 0.2) is 14.4 Å². The minimum absolute atomic E-state index is 0.0393. The Kier molecular flexibility index (Phi) is 14.4. The van der Waals surface area contributed by atoms with Crippen LogP contribution in [0.2, 0.25) is 0 Å². The third-order valence-corrected chi connectivity index (χ3v) is 17.1. The summed E-state index contributed by atoms with van der Waals surface area (Å²) < 4.78 is 21.2. The number of hydrogen-bond donors (Lipinski definition) is 2. The molecular formula is C53H89N9O9. The van der Waals surface area contributed by atoms with E-state index in [0.29, 0.717) is 89.2 Å². The first kappa shape index (κ1) is 53.4. The molecule has 3 amide bonds. The number of cyclic esters (lactones) is 1. The van der Waals surface area contributed by atoms with E-state index in [1.54, 1.807) is 0 Å². The molecular weight excluding hydrogens is 907 g/mol. The largest absolute Gasteiger partial charge is 0.446 e. The third-order valence-electron chi connectivity index (χ3n) is 17.1. The molecule has 4 aliphatic heterocycles. The molecule has 2 N–H and O–H groups in total. The first-order chi connectivity index (χ1) is 32.8. The van der Waals surface area contributed by atoms with Crippen molar-refractivity contribution in [1.82, 2.24) is 43.9 Å². The van der Waals surface area contributed by atoms with Crippen LogP contribution >= 0.6 is 0 Å². The number of hydrogen-bond acceptors (Lipinski definition) is 12. The highest BCUT2D eigenvalue weighted by Gasteiger charge is 2.53. The van der Waals surface area contributed by atoms with Crippen molar-refractivity contribution in [2.45, 2.75) is 229 Å². The van der Waals surface area contributed by atoms with E-state index in [2.05, 4.69) is 108 Å². The number of amides is 3. The highest BCUT2D eigenvalue weighted by Crippen LogP contribution is 2.51. The number of aromatic nitrogens is 3. The molecule has 3 aliphatic carbocycles. The molecule has 8 rings (SSSR count). The summed E-state index contributed by atoms with van der Waals surface area (Å²) in [4.78, 5) is 94.7. The average molecular weight is 996 g/mol. The van der Waals surface area contributed by atoms with Crippen molar-refractivity contribution in [2.75, 3.05) is 39.3 Å². The second-order valence-corrected chi connectivity index (χ2v) is 27.7. The number of ether oxygens (including phenoxy) is 3. The van der Waals surface area contributed by atoms with E-state index < -0.39 is 45.5 Å². The molecule has 71 heavy (non-hydrogen) atoms. The SMILES string of the molecule is CC(CN1CC1C)OC(=O)NC1CC(C)(C)CC(C)(Cn2c(=O)n(CC3(C)CC(NC(=O)OC(C)CN4CC4C)CC(C)(C)C3)c(=O)n(CC3(C)CC(N4C(=O)OCC4N4CC4C)CC(C)(C)C3)c2=O)C1. The Bertz CT molecular complexity index is 2260. The van der Waals surface area contributed by atoms with Crippen molar-refractivity contribution in [3.05, 3.63) is 31.5 Å². The van der Waals surface area contributed by atoms with E-state index >= 15 is 14.4 Å². The molecule has 18 nitrogen and oxygen atoms in total. The van der Waals surface area contributed by atoms with Gasteiger partial charge in [-0.3, -0.25) is 19.6 Å². The van der Waals surface area contributed by atoms with Gasteiger partial charge in [0.1, 0.15) is 25.0 Å². The highest BCUT2D eigenvalue weighted by atomic mass is 16.6. The quantitative estimate of drug-likeness (QED) is 0.145. The summed E-state index contributed by atoms with van der Waals surface area (Å²) in [5.74, 6) is 0. The molecule has 4 saturated heterocycles. The summed E-state index contributed by atoms with van der Waals surface area (Å²) in [7, 11) is 0. The summed E-state index contributed by atoms with van der Waals surface area (Å²) in [6.07, 6.45) is 3.69. The summed E-state index contributed by atoms with van der Waals surface area (Å²) in [5, 5.41) is 6.29. The van der Waals surface area contributed by atoms with Crippen LogP contribution in [0.1, 0.15) is 155 Å². The average Bonchev–Trinajstić information content (AvgIpc) is 4.16. The Balaban J connectivity index is 1.11. The minimum Gasteiger partial charge on any atom is -0.446 e. The van der Waals surface area contributed by atoms with Crippen LogP contribution in [0.5, 0.6) is 0 Å². The van der Waals surface area contributed by atoms with Crippen molar-refractivity contribution >= 4 is 18.3 Å². The second kappa shape index (κ2) is 19.1. The predicted molar refractivity (Wildman–Crippen MR) is 271 cm³/mol. The summed E-state index contributed by atoms with van der Waals surface area (Å²) in [5.41, 5.74) is -4.63. The van der Waals surface area contributed by atoms with Gasteiger partial charge in [-0.2, -0.15) is 0 Å². The smallest absolute Gasteiger partial charge is 0.411 e. The number of rotatable bonds is 16. The summed E-state index contributed by atoms with van der Waals surface area (Å²) in [6.45, 7) is 34.1. The third kappa shape index (κ3) is 12.7. The molecule has 7 aliphatic rings. The first-order valence-corrected chi connectivity index (χ1v) is 26.9. The Labute approximate surface area is 421 Å². The highest BCUT2D eigenvalue weighted by molar-refractivity contribution is 5.70. The van der Waals surface area contributed by atoms with Crippen LogP contribution in [0.3, 0.4) is 0 Å². The molecule has 1 aromatic rings. The van der Waals surface area contributed by atoms with Gasteiger partial charge in [-0.15, -0.1) is 0 Å². The molecule has 400 valence electrons. The number of nitrogens with one attached hydrogen (secondary N) is 2. The number of carbonyl (C=O) groups is 3. The van der Waals surface area contributed by atoms with E-state index in [4.69, 9.17) is 14.2 Å². The number of nitrogens with zero attached hydrogens (tertiary/aromatic N) is 7. The summed E-state index contributed by atoms with van der Waals surface area (Å²) >= 11 is 0. The van der Waals surface area contributed by atoms with Crippen LogP contribution in [-0.4, -0.2) is 146 Å². The maximum absolute atomic E-state index is 15.3. The van der Waals surface area contributed by atoms with Gasteiger partial charge in [0.05, 0.1) is 0 Å². The number of alkyl carbamates (subject to hydrolysis) is 2. The van der Waals surface area contributed by atoms with Gasteiger partial charge in [0.15, 0.2) is 0 Å². The Morgan fingerprint density at radius 3 is 1.31 bits per heavy atom. The van der Waals surface area contributed by atoms with Gasteiger partial charge >= 0.3 is 35.3 Å². The van der Waals surface area contributed by atoms with Crippen molar-refractivity contribution in [3.63, 3.8) is 0 Å². The van der Waals surface area contributed by atoms with Gasteiger partial charge in [-0.25, -0.2) is 42.5 Å². The lowest BCUT2D eigenvalue weighted by Gasteiger charge is -2.49. The molecule has 18 heteroatoms. The van der Waals surface area contributed by atoms with Crippen molar-refractivity contribution in [3.8, 4) is 0 Å². The molecule has 7 fully saturated rings. The van der Waals surface area contributed by atoms with Gasteiger partial charge in [0.25, 0.3) is 0 Å². The minimum atomic E-state index is -0.656. The molecule has 1 aromatic heterocycles. The van der Waals surface area contributed by atoms with Crippen LogP contribution in [-0.2, 0) is 33.8 Å². The predicted octanol–water partition coefficient (Wildman–Crippen LogP) is 6.05. The molecule has 0 spiro atoms. The van der Waals surface area contributed by atoms with E-state index in [0.717, 1.165) is 26.1 Å². The van der Waals surface area contributed by atoms with Gasteiger partial charge in [0, 0.05) is 88.6 Å². The summed E-state index contributed by atoms with van der Waals surface area (Å²) in [6, 6.07) is 0.607. The van der Waals surface area contributed by atoms with Crippen molar-refractivity contribution < 1.29 is 28.6 Å². The van der Waals surface area contributed by atoms with Crippen LogP contribution < -0.4 is 27.7 Å². The first-order valence-electron chi connectivity index (χ1n) is 26.9. The topological polar surface area (TPSA) is 181 Å². The maximum atomic E-state index is 15.3. The Morgan fingerprint density at radius 2 is 0.944 bits per heavy atom. The monoisotopic (exact) mass is 996 g/mol. The lowest BCUT2D eigenvalue weighted by atomic mass is 9.62. The van der Waals surface area contributed by atoms with Crippen molar-refractivity contribution in [1.29, 1.82) is 0 Å². The van der Waals surface area contributed by atoms with E-state index in [9.17, 15) is 14.4 Å². The van der Waals surface area contributed by atoms with Crippen molar-refractivity contribution in [2.24, 2.45) is 32.5 Å². The molecule has 15 unspecified atom stereocenters. The van der Waals surface area contributed by atoms with E-state index in [1.165, 1.54) is 13.7 Å². The molecule has 0 aromatic carbocycles.